The fraction of sp³-hybridized carbons (Fsp3) is 0.423. The van der Waals surface area contributed by atoms with E-state index in [0.717, 1.165) is 23.1 Å². The van der Waals surface area contributed by atoms with E-state index in [-0.39, 0.29) is 23.7 Å². The van der Waals surface area contributed by atoms with Crippen molar-refractivity contribution in [2.45, 2.75) is 59.8 Å². The number of ketones is 1. The Balaban J connectivity index is 2.33. The summed E-state index contributed by atoms with van der Waals surface area (Å²) >= 11 is 0. The summed E-state index contributed by atoms with van der Waals surface area (Å²) in [6.07, 6.45) is 1.13. The monoisotopic (exact) mass is 453 g/mol. The van der Waals surface area contributed by atoms with Gasteiger partial charge in [-0.2, -0.15) is 0 Å². The van der Waals surface area contributed by atoms with Crippen LogP contribution in [0.25, 0.3) is 0 Å². The van der Waals surface area contributed by atoms with Gasteiger partial charge in [-0.25, -0.2) is 0 Å². The fourth-order valence-electron chi connectivity index (χ4n) is 3.96. The third-order valence-electron chi connectivity index (χ3n) is 5.49. The number of ether oxygens (including phenoxy) is 1. The zero-order valence-corrected chi connectivity index (χ0v) is 20.6. The number of hydrogen-bond donors (Lipinski definition) is 3. The van der Waals surface area contributed by atoms with E-state index in [2.05, 4.69) is 10.6 Å². The van der Waals surface area contributed by atoms with Crippen LogP contribution in [-0.4, -0.2) is 31.3 Å². The van der Waals surface area contributed by atoms with Gasteiger partial charge in [-0.1, -0.05) is 33.8 Å². The van der Waals surface area contributed by atoms with E-state index < -0.39 is 5.91 Å². The van der Waals surface area contributed by atoms with E-state index in [9.17, 15) is 14.4 Å². The van der Waals surface area contributed by atoms with Gasteiger partial charge in [-0.15, -0.1) is 0 Å². The SMILES string of the molecule is CCCC(=O)c1c(NCC(=O)Nc2cc(C(N)=O)ccc2C(C)(C)C)cc(C)c(OC)c1C. The van der Waals surface area contributed by atoms with Crippen molar-refractivity contribution in [3.05, 3.63) is 52.1 Å². The van der Waals surface area contributed by atoms with Crippen LogP contribution >= 0.6 is 0 Å². The lowest BCUT2D eigenvalue weighted by molar-refractivity contribution is -0.114. The molecule has 0 fully saturated rings. The maximum atomic E-state index is 12.8. The van der Waals surface area contributed by atoms with E-state index in [1.807, 2.05) is 47.6 Å². The number of primary amides is 1. The standard InChI is InChI=1S/C26H35N3O4/c1-8-9-21(30)23-16(3)24(33-7)15(2)12-20(23)28-14-22(31)29-19-13-17(25(27)32)10-11-18(19)26(4,5)6/h10-13,28H,8-9,14H2,1-7H3,(H2,27,32)(H,29,31). The van der Waals surface area contributed by atoms with E-state index in [1.165, 1.54) is 0 Å². The van der Waals surface area contributed by atoms with Crippen molar-refractivity contribution >= 4 is 29.0 Å². The Bertz CT molecular complexity index is 1070. The van der Waals surface area contributed by atoms with Crippen LogP contribution in [0.5, 0.6) is 5.75 Å². The third kappa shape index (κ3) is 6.12. The molecule has 0 bridgehead atoms. The number of hydrogen-bond acceptors (Lipinski definition) is 5. The quantitative estimate of drug-likeness (QED) is 0.475. The average molecular weight is 454 g/mol. The summed E-state index contributed by atoms with van der Waals surface area (Å²) in [5, 5.41) is 6.01. The first-order chi connectivity index (χ1) is 15.4. The molecule has 0 saturated heterocycles. The highest BCUT2D eigenvalue weighted by Gasteiger charge is 2.22. The number of amides is 2. The molecule has 2 aromatic carbocycles. The molecule has 7 nitrogen and oxygen atoms in total. The summed E-state index contributed by atoms with van der Waals surface area (Å²) in [6, 6.07) is 6.89. The maximum Gasteiger partial charge on any atom is 0.248 e. The van der Waals surface area contributed by atoms with Crippen LogP contribution in [0.15, 0.2) is 24.3 Å². The van der Waals surface area contributed by atoms with Crippen molar-refractivity contribution < 1.29 is 19.1 Å². The molecule has 178 valence electrons. The lowest BCUT2D eigenvalue weighted by Crippen LogP contribution is -2.25. The number of nitrogens with two attached hydrogens (primary N) is 1. The number of Topliss-reactive ketones (excluding diaryl/α,β-unsaturated/α-hetero) is 1. The van der Waals surface area contributed by atoms with Gasteiger partial charge >= 0.3 is 0 Å². The number of carbonyl (C=O) groups excluding carboxylic acids is 3. The Kier molecular flexibility index (Phi) is 8.25. The van der Waals surface area contributed by atoms with Crippen molar-refractivity contribution in [1.29, 1.82) is 0 Å². The number of methoxy groups -OCH3 is 1. The van der Waals surface area contributed by atoms with Crippen LogP contribution in [0.3, 0.4) is 0 Å². The number of anilines is 2. The van der Waals surface area contributed by atoms with Gasteiger partial charge in [0.25, 0.3) is 0 Å². The Morgan fingerprint density at radius 3 is 2.27 bits per heavy atom. The molecular weight excluding hydrogens is 418 g/mol. The maximum absolute atomic E-state index is 12.8. The van der Waals surface area contributed by atoms with Crippen LogP contribution in [-0.2, 0) is 10.2 Å². The molecule has 2 rings (SSSR count). The van der Waals surface area contributed by atoms with E-state index in [1.54, 1.807) is 25.3 Å². The first-order valence-corrected chi connectivity index (χ1v) is 11.1. The van der Waals surface area contributed by atoms with Gasteiger partial charge in [0.15, 0.2) is 5.78 Å². The highest BCUT2D eigenvalue weighted by atomic mass is 16.5. The van der Waals surface area contributed by atoms with Crippen molar-refractivity contribution in [2.75, 3.05) is 24.3 Å². The number of nitrogens with one attached hydrogen (secondary N) is 2. The van der Waals surface area contributed by atoms with Crippen molar-refractivity contribution in [3.63, 3.8) is 0 Å². The normalized spacial score (nSPS) is 11.1. The number of aryl methyl sites for hydroxylation is 1. The van der Waals surface area contributed by atoms with Crippen LogP contribution < -0.4 is 21.1 Å². The smallest absolute Gasteiger partial charge is 0.248 e. The number of carbonyl (C=O) groups is 3. The Morgan fingerprint density at radius 1 is 1.06 bits per heavy atom. The van der Waals surface area contributed by atoms with Crippen LogP contribution in [0.4, 0.5) is 11.4 Å². The zero-order valence-electron chi connectivity index (χ0n) is 20.6. The Morgan fingerprint density at radius 2 is 1.73 bits per heavy atom. The van der Waals surface area contributed by atoms with Gasteiger partial charge < -0.3 is 21.1 Å². The summed E-state index contributed by atoms with van der Waals surface area (Å²) in [5.41, 5.74) is 9.67. The predicted molar refractivity (Wildman–Crippen MR) is 132 cm³/mol. The van der Waals surface area contributed by atoms with E-state index in [0.29, 0.717) is 34.7 Å². The first kappa shape index (κ1) is 25.9. The van der Waals surface area contributed by atoms with Gasteiger partial charge in [-0.3, -0.25) is 14.4 Å². The number of rotatable bonds is 9. The molecule has 4 N–H and O–H groups in total. The molecule has 0 unspecified atom stereocenters. The summed E-state index contributed by atoms with van der Waals surface area (Å²) in [4.78, 5) is 37.3. The summed E-state index contributed by atoms with van der Waals surface area (Å²) < 4.78 is 5.48. The summed E-state index contributed by atoms with van der Waals surface area (Å²) in [6.45, 7) is 11.7. The molecule has 0 aliphatic rings. The Hall–Kier alpha value is -3.35. The van der Waals surface area contributed by atoms with Crippen LogP contribution in [0.2, 0.25) is 0 Å². The van der Waals surface area contributed by atoms with E-state index in [4.69, 9.17) is 10.5 Å². The van der Waals surface area contributed by atoms with Crippen molar-refractivity contribution in [2.24, 2.45) is 5.73 Å². The lowest BCUT2D eigenvalue weighted by Gasteiger charge is -2.24. The molecule has 0 heterocycles. The zero-order chi connectivity index (χ0) is 24.9. The highest BCUT2D eigenvalue weighted by Crippen LogP contribution is 2.34. The van der Waals surface area contributed by atoms with Crippen molar-refractivity contribution in [3.8, 4) is 5.75 Å². The molecule has 2 amide bonds. The molecule has 0 atom stereocenters. The second kappa shape index (κ2) is 10.5. The molecule has 0 aromatic heterocycles. The largest absolute Gasteiger partial charge is 0.496 e. The molecule has 0 saturated carbocycles. The molecular formula is C26H35N3O4. The minimum absolute atomic E-state index is 0.000358. The summed E-state index contributed by atoms with van der Waals surface area (Å²) in [7, 11) is 1.58. The number of benzene rings is 2. The first-order valence-electron chi connectivity index (χ1n) is 11.1. The predicted octanol–water partition coefficient (Wildman–Crippen LogP) is 4.74. The third-order valence-corrected chi connectivity index (χ3v) is 5.49. The molecule has 0 aliphatic carbocycles. The molecule has 0 spiro atoms. The van der Waals surface area contributed by atoms with Gasteiger partial charge in [0.2, 0.25) is 11.8 Å². The van der Waals surface area contributed by atoms with Crippen LogP contribution in [0.1, 0.15) is 77.9 Å². The second-order valence-corrected chi connectivity index (χ2v) is 9.22. The molecule has 0 aliphatic heterocycles. The van der Waals surface area contributed by atoms with Crippen LogP contribution in [0, 0.1) is 13.8 Å². The highest BCUT2D eigenvalue weighted by molar-refractivity contribution is 6.04. The van der Waals surface area contributed by atoms with Gasteiger partial charge in [0.05, 0.1) is 13.7 Å². The molecule has 33 heavy (non-hydrogen) atoms. The average Bonchev–Trinajstić information content (AvgIpc) is 2.71. The second-order valence-electron chi connectivity index (χ2n) is 9.22. The van der Waals surface area contributed by atoms with Gasteiger partial charge in [0.1, 0.15) is 5.75 Å². The fourth-order valence-corrected chi connectivity index (χ4v) is 3.96. The Labute approximate surface area is 196 Å². The van der Waals surface area contributed by atoms with Crippen molar-refractivity contribution in [1.82, 2.24) is 0 Å². The van der Waals surface area contributed by atoms with Gasteiger partial charge in [0, 0.05) is 34.5 Å². The minimum atomic E-state index is -0.563. The van der Waals surface area contributed by atoms with E-state index >= 15 is 0 Å². The minimum Gasteiger partial charge on any atom is -0.496 e. The molecule has 7 heteroatoms. The molecule has 0 radical (unpaired) electrons. The van der Waals surface area contributed by atoms with Gasteiger partial charge in [-0.05, 0) is 55.0 Å². The summed E-state index contributed by atoms with van der Waals surface area (Å²) in [5.74, 6) is -0.197. The lowest BCUT2D eigenvalue weighted by atomic mass is 9.85. The molecule has 2 aromatic rings. The topological polar surface area (TPSA) is 111 Å².